The lowest BCUT2D eigenvalue weighted by molar-refractivity contribution is -0.159. The number of hydrogen-bond acceptors (Lipinski definition) is 8. The van der Waals surface area contributed by atoms with E-state index in [1.54, 1.807) is 24.3 Å². The van der Waals surface area contributed by atoms with Crippen molar-refractivity contribution in [2.45, 2.75) is 11.3 Å². The fraction of sp³-hybridized carbons (Fsp3) is 0.471. The van der Waals surface area contributed by atoms with Crippen molar-refractivity contribution in [3.8, 4) is 5.75 Å². The number of carboxylic acids is 2. The van der Waals surface area contributed by atoms with Crippen LogP contribution in [0.4, 0.5) is 0 Å². The average molecular weight is 432 g/mol. The van der Waals surface area contributed by atoms with E-state index in [-0.39, 0.29) is 10.9 Å². The van der Waals surface area contributed by atoms with E-state index in [0.717, 1.165) is 0 Å². The second-order valence-corrected chi connectivity index (χ2v) is 7.80. The Kier molecular flexibility index (Phi) is 9.51. The first-order valence-electron chi connectivity index (χ1n) is 8.51. The summed E-state index contributed by atoms with van der Waals surface area (Å²) < 4.78 is 36.3. The Bertz CT molecular complexity index is 789. The number of carbonyl (C=O) groups is 3. The molecule has 0 aromatic heterocycles. The van der Waals surface area contributed by atoms with Gasteiger partial charge in [0.15, 0.2) is 0 Å². The first-order chi connectivity index (χ1) is 13.6. The highest BCUT2D eigenvalue weighted by Crippen LogP contribution is 2.20. The summed E-state index contributed by atoms with van der Waals surface area (Å²) in [6.07, 6.45) is 0.321. The summed E-state index contributed by atoms with van der Waals surface area (Å²) in [6, 6.07) is 6.38. The smallest absolute Gasteiger partial charge is 0.414 e. The fourth-order valence-corrected chi connectivity index (χ4v) is 3.86. The van der Waals surface area contributed by atoms with E-state index in [0.29, 0.717) is 44.9 Å². The molecular weight excluding hydrogens is 408 g/mol. The molecule has 1 saturated heterocycles. The van der Waals surface area contributed by atoms with E-state index < -0.39 is 22.0 Å². The Morgan fingerprint density at radius 2 is 1.48 bits per heavy atom. The van der Waals surface area contributed by atoms with Gasteiger partial charge in [-0.2, -0.15) is 4.31 Å². The number of aliphatic carboxylic acids is 2. The first-order valence-corrected chi connectivity index (χ1v) is 9.95. The Morgan fingerprint density at radius 3 is 1.90 bits per heavy atom. The van der Waals surface area contributed by atoms with Crippen LogP contribution in [-0.4, -0.2) is 92.7 Å². The highest BCUT2D eigenvalue weighted by molar-refractivity contribution is 7.89. The van der Waals surface area contributed by atoms with Crippen LogP contribution in [0, 0.1) is 0 Å². The molecule has 1 fully saturated rings. The number of rotatable bonds is 6. The number of benzene rings is 1. The molecule has 2 rings (SSSR count). The average Bonchev–Trinajstić information content (AvgIpc) is 2.72. The topological polar surface area (TPSA) is 151 Å². The maximum Gasteiger partial charge on any atom is 0.414 e. The largest absolute Gasteiger partial charge is 0.497 e. The summed E-state index contributed by atoms with van der Waals surface area (Å²) in [4.78, 5) is 31.7. The van der Waals surface area contributed by atoms with Gasteiger partial charge in [-0.05, 0) is 24.3 Å². The third kappa shape index (κ3) is 7.68. The predicted molar refractivity (Wildman–Crippen MR) is 100 cm³/mol. The SMILES string of the molecule is COC(=O)CCN1CCN(S(=O)(=O)c2ccc(OC)cc2)CC1.O=C(O)C(=O)O. The van der Waals surface area contributed by atoms with Gasteiger partial charge in [-0.25, -0.2) is 18.0 Å². The van der Waals surface area contributed by atoms with Crippen molar-refractivity contribution in [2.75, 3.05) is 46.9 Å². The molecule has 0 unspecified atom stereocenters. The molecule has 0 amide bonds. The summed E-state index contributed by atoms with van der Waals surface area (Å²) >= 11 is 0. The summed E-state index contributed by atoms with van der Waals surface area (Å²) in [6.45, 7) is 2.62. The maximum atomic E-state index is 12.6. The van der Waals surface area contributed by atoms with Crippen LogP contribution in [-0.2, 0) is 29.1 Å². The van der Waals surface area contributed by atoms with Crippen molar-refractivity contribution in [1.82, 2.24) is 9.21 Å². The zero-order valence-corrected chi connectivity index (χ0v) is 16.9. The van der Waals surface area contributed by atoms with Gasteiger partial charge in [0.25, 0.3) is 0 Å². The lowest BCUT2D eigenvalue weighted by atomic mass is 10.3. The molecule has 1 aliphatic heterocycles. The number of carboxylic acid groups (broad SMARTS) is 2. The van der Waals surface area contributed by atoms with Crippen LogP contribution in [0.25, 0.3) is 0 Å². The molecule has 0 spiro atoms. The molecule has 1 aliphatic rings. The molecule has 1 aromatic rings. The fourth-order valence-electron chi connectivity index (χ4n) is 2.44. The molecule has 12 heteroatoms. The Balaban J connectivity index is 0.000000612. The molecule has 0 radical (unpaired) electrons. The summed E-state index contributed by atoms with van der Waals surface area (Å²) in [5.74, 6) is -3.28. The van der Waals surface area contributed by atoms with Crippen LogP contribution in [0.3, 0.4) is 0 Å². The standard InChI is InChI=1S/C15H22N2O5S.C2H2O4/c1-21-13-3-5-14(6-4-13)23(19,20)17-11-9-16(10-12-17)8-7-15(18)22-2;3-1(4)2(5)6/h3-6H,7-12H2,1-2H3;(H,3,4)(H,5,6). The maximum absolute atomic E-state index is 12.6. The second-order valence-electron chi connectivity index (χ2n) is 5.86. The number of piperazine rings is 1. The number of methoxy groups -OCH3 is 2. The van der Waals surface area contributed by atoms with Gasteiger partial charge in [0.2, 0.25) is 10.0 Å². The highest BCUT2D eigenvalue weighted by atomic mass is 32.2. The number of nitrogens with zero attached hydrogens (tertiary/aromatic N) is 2. The molecule has 29 heavy (non-hydrogen) atoms. The van der Waals surface area contributed by atoms with Crippen LogP contribution >= 0.6 is 0 Å². The third-order valence-corrected chi connectivity index (χ3v) is 5.98. The zero-order chi connectivity index (χ0) is 22.0. The minimum absolute atomic E-state index is 0.252. The van der Waals surface area contributed by atoms with Crippen LogP contribution in [0.15, 0.2) is 29.2 Å². The minimum Gasteiger partial charge on any atom is -0.497 e. The van der Waals surface area contributed by atoms with Crippen LogP contribution in [0.1, 0.15) is 6.42 Å². The van der Waals surface area contributed by atoms with Crippen molar-refractivity contribution in [2.24, 2.45) is 0 Å². The molecule has 0 bridgehead atoms. The van der Waals surface area contributed by atoms with Gasteiger partial charge < -0.3 is 24.6 Å². The molecule has 0 atom stereocenters. The lowest BCUT2D eigenvalue weighted by Crippen LogP contribution is -2.48. The summed E-state index contributed by atoms with van der Waals surface area (Å²) in [5.41, 5.74) is 0. The molecule has 2 N–H and O–H groups in total. The van der Waals surface area contributed by atoms with Crippen molar-refractivity contribution < 1.29 is 42.5 Å². The second kappa shape index (κ2) is 11.3. The Labute approximate surface area is 168 Å². The van der Waals surface area contributed by atoms with Crippen molar-refractivity contribution in [3.63, 3.8) is 0 Å². The van der Waals surface area contributed by atoms with Gasteiger partial charge in [-0.15, -0.1) is 0 Å². The van der Waals surface area contributed by atoms with Gasteiger partial charge in [0, 0.05) is 32.7 Å². The van der Waals surface area contributed by atoms with Crippen LogP contribution in [0.2, 0.25) is 0 Å². The molecular formula is C17H24N2O9S. The van der Waals surface area contributed by atoms with E-state index in [1.165, 1.54) is 18.5 Å². The normalized spacial score (nSPS) is 15.0. The molecule has 11 nitrogen and oxygen atoms in total. The van der Waals surface area contributed by atoms with E-state index in [2.05, 4.69) is 9.64 Å². The molecule has 1 heterocycles. The van der Waals surface area contributed by atoms with Crippen LogP contribution < -0.4 is 4.74 Å². The number of carbonyl (C=O) groups excluding carboxylic acids is 1. The monoisotopic (exact) mass is 432 g/mol. The number of esters is 1. The lowest BCUT2D eigenvalue weighted by Gasteiger charge is -2.33. The number of sulfonamides is 1. The predicted octanol–water partition coefficient (Wildman–Crippen LogP) is -0.280. The Hall–Kier alpha value is -2.70. The Morgan fingerprint density at radius 1 is 0.966 bits per heavy atom. The van der Waals surface area contributed by atoms with Gasteiger partial charge in [0.05, 0.1) is 25.5 Å². The van der Waals surface area contributed by atoms with E-state index in [4.69, 9.17) is 24.5 Å². The van der Waals surface area contributed by atoms with Gasteiger partial charge in [-0.3, -0.25) is 4.79 Å². The number of hydrogen-bond donors (Lipinski definition) is 2. The minimum atomic E-state index is -3.49. The van der Waals surface area contributed by atoms with E-state index >= 15 is 0 Å². The van der Waals surface area contributed by atoms with Gasteiger partial charge in [0.1, 0.15) is 5.75 Å². The summed E-state index contributed by atoms with van der Waals surface area (Å²) in [5, 5.41) is 14.8. The molecule has 0 aliphatic carbocycles. The molecule has 1 aromatic carbocycles. The highest BCUT2D eigenvalue weighted by Gasteiger charge is 2.28. The number of ether oxygens (including phenoxy) is 2. The first kappa shape index (κ1) is 24.3. The third-order valence-electron chi connectivity index (χ3n) is 4.07. The molecule has 0 saturated carbocycles. The quantitative estimate of drug-likeness (QED) is 0.454. The summed E-state index contributed by atoms with van der Waals surface area (Å²) in [7, 11) is -0.585. The zero-order valence-electron chi connectivity index (χ0n) is 16.1. The van der Waals surface area contributed by atoms with Gasteiger partial charge in [-0.1, -0.05) is 0 Å². The molecule has 162 valence electrons. The van der Waals surface area contributed by atoms with E-state index in [1.807, 2.05) is 0 Å². The van der Waals surface area contributed by atoms with Crippen LogP contribution in [0.5, 0.6) is 5.75 Å². The van der Waals surface area contributed by atoms with Crippen molar-refractivity contribution in [1.29, 1.82) is 0 Å². The van der Waals surface area contributed by atoms with Crippen molar-refractivity contribution in [3.05, 3.63) is 24.3 Å². The van der Waals surface area contributed by atoms with Gasteiger partial charge >= 0.3 is 17.9 Å². The van der Waals surface area contributed by atoms with E-state index in [9.17, 15) is 13.2 Å². The van der Waals surface area contributed by atoms with Crippen molar-refractivity contribution >= 4 is 27.9 Å².